The van der Waals surface area contributed by atoms with E-state index >= 15 is 0 Å². The van der Waals surface area contributed by atoms with Crippen molar-refractivity contribution in [3.63, 3.8) is 0 Å². The van der Waals surface area contributed by atoms with Crippen LogP contribution in [0.15, 0.2) is 35.3 Å². The minimum atomic E-state index is -1.44. The molecule has 0 saturated carbocycles. The van der Waals surface area contributed by atoms with Crippen LogP contribution >= 0.6 is 0 Å². The summed E-state index contributed by atoms with van der Waals surface area (Å²) in [6.07, 6.45) is -2.50. The number of aromatic nitrogens is 2. The standard InChI is InChI=1S/C19H22F2N4O5/c20-11-4-1-10(2-5-11)3-6-15(26)23-13-9-30-14(17(28)16(13)27)8-25-7-12(21)18(22)24-19(25)29/h1-2,4-5,7,13-14,16-17,27-28H,3,6,8-9H2,(H,23,26)(H2,22,24,29)/t13-,14-,16+,17-/m1/s1. The summed E-state index contributed by atoms with van der Waals surface area (Å²) in [6, 6.07) is 4.89. The van der Waals surface area contributed by atoms with Crippen molar-refractivity contribution in [1.82, 2.24) is 14.9 Å². The van der Waals surface area contributed by atoms with Gasteiger partial charge in [0.2, 0.25) is 5.91 Å². The van der Waals surface area contributed by atoms with Crippen LogP contribution in [0.5, 0.6) is 0 Å². The van der Waals surface area contributed by atoms with Gasteiger partial charge in [0.05, 0.1) is 19.2 Å². The summed E-state index contributed by atoms with van der Waals surface area (Å²) < 4.78 is 32.8. The van der Waals surface area contributed by atoms with Crippen LogP contribution in [0.3, 0.4) is 0 Å². The van der Waals surface area contributed by atoms with Crippen LogP contribution in [0.1, 0.15) is 12.0 Å². The van der Waals surface area contributed by atoms with Gasteiger partial charge in [-0.05, 0) is 24.1 Å². The molecule has 5 N–H and O–H groups in total. The molecule has 0 unspecified atom stereocenters. The second kappa shape index (κ2) is 9.28. The van der Waals surface area contributed by atoms with Gasteiger partial charge >= 0.3 is 5.69 Å². The monoisotopic (exact) mass is 424 g/mol. The van der Waals surface area contributed by atoms with E-state index in [4.69, 9.17) is 10.5 Å². The van der Waals surface area contributed by atoms with Crippen molar-refractivity contribution in [2.75, 3.05) is 12.3 Å². The highest BCUT2D eigenvalue weighted by Crippen LogP contribution is 2.18. The molecule has 9 nitrogen and oxygen atoms in total. The van der Waals surface area contributed by atoms with E-state index in [1.54, 1.807) is 12.1 Å². The fourth-order valence-corrected chi connectivity index (χ4v) is 3.16. The molecule has 162 valence electrons. The maximum atomic E-state index is 13.5. The maximum absolute atomic E-state index is 13.5. The predicted molar refractivity (Wildman–Crippen MR) is 101 cm³/mol. The van der Waals surface area contributed by atoms with Crippen LogP contribution in [-0.2, 0) is 22.5 Å². The molecular weight excluding hydrogens is 402 g/mol. The summed E-state index contributed by atoms with van der Waals surface area (Å²) in [4.78, 5) is 27.3. The number of hydrogen-bond donors (Lipinski definition) is 4. The highest BCUT2D eigenvalue weighted by molar-refractivity contribution is 5.76. The summed E-state index contributed by atoms with van der Waals surface area (Å²) >= 11 is 0. The van der Waals surface area contributed by atoms with Crippen molar-refractivity contribution in [1.29, 1.82) is 0 Å². The van der Waals surface area contributed by atoms with E-state index in [2.05, 4.69) is 10.3 Å². The third kappa shape index (κ3) is 5.17. The van der Waals surface area contributed by atoms with Crippen LogP contribution in [0.2, 0.25) is 0 Å². The molecule has 0 spiro atoms. The highest BCUT2D eigenvalue weighted by Gasteiger charge is 2.39. The molecule has 1 aromatic heterocycles. The predicted octanol–water partition coefficient (Wildman–Crippen LogP) is -0.658. The number of aliphatic hydroxyl groups excluding tert-OH is 2. The summed E-state index contributed by atoms with van der Waals surface area (Å²) in [5, 5.41) is 23.2. The number of nitrogens with zero attached hydrogens (tertiary/aromatic N) is 2. The Hall–Kier alpha value is -2.89. The van der Waals surface area contributed by atoms with Crippen LogP contribution in [0.25, 0.3) is 0 Å². The lowest BCUT2D eigenvalue weighted by Crippen LogP contribution is -2.60. The lowest BCUT2D eigenvalue weighted by molar-refractivity contribution is -0.158. The summed E-state index contributed by atoms with van der Waals surface area (Å²) in [5.41, 5.74) is 5.18. The number of amides is 1. The van der Waals surface area contributed by atoms with Crippen molar-refractivity contribution in [2.24, 2.45) is 0 Å². The molecule has 0 aliphatic carbocycles. The van der Waals surface area contributed by atoms with E-state index in [1.807, 2.05) is 0 Å². The Balaban J connectivity index is 1.54. The Labute approximate surface area is 170 Å². The van der Waals surface area contributed by atoms with Gasteiger partial charge in [-0.2, -0.15) is 4.98 Å². The lowest BCUT2D eigenvalue weighted by Gasteiger charge is -2.38. The van der Waals surface area contributed by atoms with Crippen molar-refractivity contribution in [3.8, 4) is 0 Å². The average Bonchev–Trinajstić information content (AvgIpc) is 2.71. The van der Waals surface area contributed by atoms with Crippen molar-refractivity contribution in [3.05, 3.63) is 58.1 Å². The number of ether oxygens (including phenoxy) is 1. The number of hydrogen-bond acceptors (Lipinski definition) is 7. The molecule has 0 radical (unpaired) electrons. The molecule has 1 aliphatic rings. The molecule has 1 aromatic carbocycles. The molecule has 1 amide bonds. The zero-order chi connectivity index (χ0) is 21.8. The number of aliphatic hydroxyl groups is 2. The van der Waals surface area contributed by atoms with Gasteiger partial charge in [0.25, 0.3) is 0 Å². The van der Waals surface area contributed by atoms with Gasteiger partial charge in [-0.3, -0.25) is 9.36 Å². The Morgan fingerprint density at radius 2 is 1.97 bits per heavy atom. The molecule has 4 atom stereocenters. The number of carbonyl (C=O) groups is 1. The molecule has 1 saturated heterocycles. The summed E-state index contributed by atoms with van der Waals surface area (Å²) in [7, 11) is 0. The molecule has 3 rings (SSSR count). The SMILES string of the molecule is Nc1nc(=O)n(C[C@H]2OC[C@@H](NC(=O)CCc3ccc(F)cc3)[C@H](O)[C@@H]2O)cc1F. The summed E-state index contributed by atoms with van der Waals surface area (Å²) in [6.45, 7) is -0.378. The van der Waals surface area contributed by atoms with Crippen molar-refractivity contribution in [2.45, 2.75) is 43.7 Å². The number of carbonyl (C=O) groups excluding carboxylic acids is 1. The van der Waals surface area contributed by atoms with Crippen molar-refractivity contribution >= 4 is 11.7 Å². The van der Waals surface area contributed by atoms with Crippen LogP contribution in [0, 0.1) is 11.6 Å². The largest absolute Gasteiger partial charge is 0.388 e. The second-order valence-electron chi connectivity index (χ2n) is 7.06. The Morgan fingerprint density at radius 1 is 1.27 bits per heavy atom. The lowest BCUT2D eigenvalue weighted by atomic mass is 9.97. The first-order valence-corrected chi connectivity index (χ1v) is 9.28. The van der Waals surface area contributed by atoms with E-state index in [0.29, 0.717) is 6.42 Å². The number of nitrogens with two attached hydrogens (primary N) is 1. The number of aryl methyl sites for hydroxylation is 1. The Kier molecular flexibility index (Phi) is 6.75. The second-order valence-corrected chi connectivity index (χ2v) is 7.06. The molecule has 11 heteroatoms. The molecule has 2 aromatic rings. The Morgan fingerprint density at radius 3 is 2.67 bits per heavy atom. The maximum Gasteiger partial charge on any atom is 0.349 e. The van der Waals surface area contributed by atoms with Gasteiger partial charge in [0.1, 0.15) is 24.1 Å². The third-order valence-electron chi connectivity index (χ3n) is 4.89. The minimum Gasteiger partial charge on any atom is -0.388 e. The van der Waals surface area contributed by atoms with Gasteiger partial charge in [-0.25, -0.2) is 13.6 Å². The number of rotatable bonds is 6. The molecule has 2 heterocycles. The van der Waals surface area contributed by atoms with E-state index in [-0.39, 0.29) is 31.3 Å². The van der Waals surface area contributed by atoms with Gasteiger partial charge in [-0.1, -0.05) is 12.1 Å². The van der Waals surface area contributed by atoms with Crippen LogP contribution in [0.4, 0.5) is 14.6 Å². The van der Waals surface area contributed by atoms with Gasteiger partial charge < -0.3 is 26.0 Å². The quantitative estimate of drug-likeness (QED) is 0.483. The first kappa shape index (κ1) is 21.8. The molecule has 0 bridgehead atoms. The van der Waals surface area contributed by atoms with Crippen LogP contribution in [-0.4, -0.2) is 56.6 Å². The molecule has 1 fully saturated rings. The topological polar surface area (TPSA) is 140 Å². The van der Waals surface area contributed by atoms with Crippen LogP contribution < -0.4 is 16.7 Å². The highest BCUT2D eigenvalue weighted by atomic mass is 19.1. The normalized spacial score (nSPS) is 23.9. The summed E-state index contributed by atoms with van der Waals surface area (Å²) in [5.74, 6) is -2.18. The average molecular weight is 424 g/mol. The van der Waals surface area contributed by atoms with E-state index < -0.39 is 41.7 Å². The zero-order valence-electron chi connectivity index (χ0n) is 15.9. The smallest absolute Gasteiger partial charge is 0.349 e. The fraction of sp³-hybridized carbons (Fsp3) is 0.421. The van der Waals surface area contributed by atoms with Gasteiger partial charge in [0, 0.05) is 12.6 Å². The zero-order valence-corrected chi connectivity index (χ0v) is 15.9. The minimum absolute atomic E-state index is 0.0974. The molecular formula is C19H22F2N4O5. The molecule has 30 heavy (non-hydrogen) atoms. The third-order valence-corrected chi connectivity index (χ3v) is 4.89. The van der Waals surface area contributed by atoms with Gasteiger partial charge in [0.15, 0.2) is 11.6 Å². The number of benzene rings is 1. The number of nitrogens with one attached hydrogen (secondary N) is 1. The fourth-order valence-electron chi connectivity index (χ4n) is 3.16. The molecule has 1 aliphatic heterocycles. The Bertz CT molecular complexity index is 953. The van der Waals surface area contributed by atoms with E-state index in [1.165, 1.54) is 12.1 Å². The van der Waals surface area contributed by atoms with Gasteiger partial charge in [-0.15, -0.1) is 0 Å². The first-order chi connectivity index (χ1) is 14.2. The first-order valence-electron chi connectivity index (χ1n) is 9.28. The van der Waals surface area contributed by atoms with E-state index in [9.17, 15) is 28.6 Å². The number of halogens is 2. The number of anilines is 1. The van der Waals surface area contributed by atoms with E-state index in [0.717, 1.165) is 16.3 Å². The van der Waals surface area contributed by atoms with Crippen molar-refractivity contribution < 1.29 is 28.5 Å². The number of nitrogen functional groups attached to an aromatic ring is 1.